The van der Waals surface area contributed by atoms with Crippen molar-refractivity contribution in [2.24, 2.45) is 0 Å². The average Bonchev–Trinajstić information content (AvgIpc) is 3.18. The molecule has 1 aliphatic heterocycles. The van der Waals surface area contributed by atoms with Crippen LogP contribution in [0.5, 0.6) is 5.75 Å². The molecule has 0 N–H and O–H groups in total. The third-order valence-corrected chi connectivity index (χ3v) is 6.90. The van der Waals surface area contributed by atoms with Gasteiger partial charge in [0.05, 0.1) is 11.4 Å². The summed E-state index contributed by atoms with van der Waals surface area (Å²) >= 11 is 2.69. The lowest BCUT2D eigenvalue weighted by molar-refractivity contribution is -0.274. The summed E-state index contributed by atoms with van der Waals surface area (Å²) in [4.78, 5) is 19.8. The SMILES string of the molecule is CCn1c(=O)/c(=C2\Sc3ccc(OC(F)(F)F)cc3N2C)s/c1=C\c1ccccn1. The zero-order valence-corrected chi connectivity index (χ0v) is 17.6. The summed E-state index contributed by atoms with van der Waals surface area (Å²) in [6.07, 6.45) is -1.23. The zero-order chi connectivity index (χ0) is 21.5. The molecule has 0 spiro atoms. The van der Waals surface area contributed by atoms with Gasteiger partial charge in [0.25, 0.3) is 5.56 Å². The molecule has 4 rings (SSSR count). The van der Waals surface area contributed by atoms with Gasteiger partial charge in [0.2, 0.25) is 0 Å². The molecule has 156 valence electrons. The standard InChI is InChI=1S/C20H16F3N3O2S2/c1-3-26-16(10-12-6-4-5-9-24-12)30-17(18(26)27)19-25(2)14-11-13(28-20(21,22)23)7-8-15(14)29-19/h4-11H,3H2,1-2H3/b16-10-,19-17+. The molecule has 5 nitrogen and oxygen atoms in total. The Bertz CT molecular complexity index is 1270. The summed E-state index contributed by atoms with van der Waals surface area (Å²) < 4.78 is 44.6. The van der Waals surface area contributed by atoms with E-state index in [1.807, 2.05) is 31.2 Å². The van der Waals surface area contributed by atoms with E-state index in [2.05, 4.69) is 9.72 Å². The minimum absolute atomic E-state index is 0.140. The minimum Gasteiger partial charge on any atom is -0.406 e. The number of rotatable bonds is 3. The molecule has 2 aromatic heterocycles. The number of nitrogens with zero attached hydrogens (tertiary/aromatic N) is 3. The Morgan fingerprint density at radius 1 is 1.23 bits per heavy atom. The topological polar surface area (TPSA) is 47.4 Å². The van der Waals surface area contributed by atoms with Crippen molar-refractivity contribution in [3.05, 3.63) is 67.8 Å². The van der Waals surface area contributed by atoms with Crippen LogP contribution < -0.4 is 24.4 Å². The average molecular weight is 451 g/mol. The lowest BCUT2D eigenvalue weighted by atomic mass is 10.3. The van der Waals surface area contributed by atoms with Crippen LogP contribution in [-0.4, -0.2) is 23.0 Å². The van der Waals surface area contributed by atoms with Gasteiger partial charge in [-0.1, -0.05) is 17.8 Å². The Labute approximate surface area is 177 Å². The maximum Gasteiger partial charge on any atom is 0.573 e. The van der Waals surface area contributed by atoms with Crippen LogP contribution in [0.1, 0.15) is 12.6 Å². The summed E-state index contributed by atoms with van der Waals surface area (Å²) in [7, 11) is 1.73. The van der Waals surface area contributed by atoms with Crippen molar-refractivity contribution in [1.82, 2.24) is 9.55 Å². The van der Waals surface area contributed by atoms with Crippen molar-refractivity contribution >= 4 is 39.9 Å². The van der Waals surface area contributed by atoms with Gasteiger partial charge in [0, 0.05) is 30.8 Å². The quantitative estimate of drug-likeness (QED) is 0.611. The van der Waals surface area contributed by atoms with Crippen LogP contribution >= 0.6 is 23.1 Å². The minimum atomic E-state index is -4.76. The highest BCUT2D eigenvalue weighted by atomic mass is 32.2. The van der Waals surface area contributed by atoms with E-state index in [9.17, 15) is 18.0 Å². The molecule has 0 bridgehead atoms. The van der Waals surface area contributed by atoms with Gasteiger partial charge in [-0.25, -0.2) is 0 Å². The molecule has 1 aliphatic rings. The molecule has 1 aromatic carbocycles. The molecular weight excluding hydrogens is 435 g/mol. The van der Waals surface area contributed by atoms with Crippen LogP contribution in [0.4, 0.5) is 18.9 Å². The highest BCUT2D eigenvalue weighted by molar-refractivity contribution is 8.08. The molecule has 30 heavy (non-hydrogen) atoms. The van der Waals surface area contributed by atoms with Crippen LogP contribution in [0, 0.1) is 0 Å². The second kappa shape index (κ2) is 7.84. The van der Waals surface area contributed by atoms with Gasteiger partial charge in [0.15, 0.2) is 0 Å². The van der Waals surface area contributed by atoms with Gasteiger partial charge in [-0.2, -0.15) is 0 Å². The highest BCUT2D eigenvalue weighted by Crippen LogP contribution is 2.47. The third-order valence-electron chi connectivity index (χ3n) is 4.42. The smallest absolute Gasteiger partial charge is 0.406 e. The van der Waals surface area contributed by atoms with Crippen LogP contribution in [0.25, 0.3) is 11.1 Å². The van der Waals surface area contributed by atoms with Gasteiger partial charge >= 0.3 is 6.36 Å². The van der Waals surface area contributed by atoms with Crippen molar-refractivity contribution in [2.45, 2.75) is 24.7 Å². The number of anilines is 1. The van der Waals surface area contributed by atoms with Crippen molar-refractivity contribution in [3.8, 4) is 5.75 Å². The van der Waals surface area contributed by atoms with Gasteiger partial charge in [-0.3, -0.25) is 14.3 Å². The van der Waals surface area contributed by atoms with Crippen LogP contribution in [0.15, 0.2) is 52.3 Å². The Morgan fingerprint density at radius 3 is 2.70 bits per heavy atom. The molecule has 0 fully saturated rings. The maximum absolute atomic E-state index is 13.0. The van der Waals surface area contributed by atoms with E-state index >= 15 is 0 Å². The number of alkyl halides is 3. The summed E-state index contributed by atoms with van der Waals surface area (Å²) in [5, 5.41) is 0.673. The zero-order valence-electron chi connectivity index (χ0n) is 15.9. The molecule has 10 heteroatoms. The summed E-state index contributed by atoms with van der Waals surface area (Å²) in [6.45, 7) is 2.38. The van der Waals surface area contributed by atoms with Gasteiger partial charge in [-0.05, 0) is 37.3 Å². The van der Waals surface area contributed by atoms with E-state index in [1.54, 1.807) is 28.8 Å². The van der Waals surface area contributed by atoms with Crippen molar-refractivity contribution in [2.75, 3.05) is 11.9 Å². The van der Waals surface area contributed by atoms with Gasteiger partial charge in [-0.15, -0.1) is 24.5 Å². The Hall–Kier alpha value is -2.72. The number of thioether (sulfide) groups is 1. The summed E-state index contributed by atoms with van der Waals surface area (Å²) in [5.74, 6) is -0.295. The fourth-order valence-electron chi connectivity index (χ4n) is 3.08. The van der Waals surface area contributed by atoms with E-state index in [1.165, 1.54) is 35.2 Å². The lowest BCUT2D eigenvalue weighted by Crippen LogP contribution is -2.33. The van der Waals surface area contributed by atoms with E-state index < -0.39 is 6.36 Å². The predicted octanol–water partition coefficient (Wildman–Crippen LogP) is 3.36. The van der Waals surface area contributed by atoms with E-state index in [-0.39, 0.29) is 11.3 Å². The number of pyridine rings is 1. The summed E-state index contributed by atoms with van der Waals surface area (Å²) in [5.41, 5.74) is 1.16. The Balaban J connectivity index is 1.82. The second-order valence-electron chi connectivity index (χ2n) is 6.36. The first kappa shape index (κ1) is 20.5. The number of thiazole rings is 1. The monoisotopic (exact) mass is 451 g/mol. The maximum atomic E-state index is 13.0. The number of halogens is 3. The second-order valence-corrected chi connectivity index (χ2v) is 8.42. The predicted molar refractivity (Wildman–Crippen MR) is 112 cm³/mol. The molecular formula is C20H16F3N3O2S2. The fourth-order valence-corrected chi connectivity index (χ4v) is 5.52. The molecule has 3 aromatic rings. The van der Waals surface area contributed by atoms with E-state index in [4.69, 9.17) is 0 Å². The van der Waals surface area contributed by atoms with Gasteiger partial charge in [0.1, 0.15) is 20.0 Å². The Morgan fingerprint density at radius 2 is 2.03 bits per heavy atom. The normalized spacial score (nSPS) is 16.2. The first-order valence-electron chi connectivity index (χ1n) is 8.95. The molecule has 0 unspecified atom stereocenters. The molecule has 0 saturated heterocycles. The molecule has 0 radical (unpaired) electrons. The van der Waals surface area contributed by atoms with Crippen molar-refractivity contribution < 1.29 is 17.9 Å². The number of hydrogen-bond donors (Lipinski definition) is 0. The first-order chi connectivity index (χ1) is 14.3. The number of hydrogen-bond acceptors (Lipinski definition) is 6. The molecule has 0 saturated carbocycles. The largest absolute Gasteiger partial charge is 0.573 e. The molecule has 0 amide bonds. The third kappa shape index (κ3) is 3.97. The van der Waals surface area contributed by atoms with E-state index in [0.717, 1.165) is 15.3 Å². The van der Waals surface area contributed by atoms with Crippen LogP contribution in [0.2, 0.25) is 0 Å². The van der Waals surface area contributed by atoms with E-state index in [0.29, 0.717) is 21.8 Å². The highest BCUT2D eigenvalue weighted by Gasteiger charge is 2.32. The van der Waals surface area contributed by atoms with Crippen LogP contribution in [0.3, 0.4) is 0 Å². The number of benzene rings is 1. The molecule has 0 aliphatic carbocycles. The Kier molecular flexibility index (Phi) is 5.37. The summed E-state index contributed by atoms with van der Waals surface area (Å²) in [6, 6.07) is 9.71. The van der Waals surface area contributed by atoms with Crippen LogP contribution in [-0.2, 0) is 6.54 Å². The number of aromatic nitrogens is 2. The lowest BCUT2D eigenvalue weighted by Gasteiger charge is -2.14. The van der Waals surface area contributed by atoms with Gasteiger partial charge < -0.3 is 9.64 Å². The number of ether oxygens (including phenoxy) is 1. The molecule has 0 atom stereocenters. The first-order valence-corrected chi connectivity index (χ1v) is 10.6. The molecule has 3 heterocycles. The number of fused-ring (bicyclic) bond motifs is 1. The van der Waals surface area contributed by atoms with Crippen molar-refractivity contribution in [3.63, 3.8) is 0 Å². The fraction of sp³-hybridized carbons (Fsp3) is 0.200. The van der Waals surface area contributed by atoms with Crippen molar-refractivity contribution in [1.29, 1.82) is 0 Å².